The van der Waals surface area contributed by atoms with Crippen molar-refractivity contribution >= 4 is 34.8 Å². The quantitative estimate of drug-likeness (QED) is 0.395. The van der Waals surface area contributed by atoms with E-state index in [0.29, 0.717) is 29.9 Å². The molecule has 0 bridgehead atoms. The molecule has 0 aliphatic carbocycles. The van der Waals surface area contributed by atoms with Crippen LogP contribution in [0.5, 0.6) is 0 Å². The fourth-order valence-electron chi connectivity index (χ4n) is 3.14. The average molecular weight is 445 g/mol. The van der Waals surface area contributed by atoms with E-state index in [4.69, 9.17) is 0 Å². The van der Waals surface area contributed by atoms with Crippen LogP contribution in [0.3, 0.4) is 0 Å². The molecule has 0 saturated heterocycles. The van der Waals surface area contributed by atoms with Gasteiger partial charge in [-0.3, -0.25) is 14.4 Å². The Labute approximate surface area is 193 Å². The summed E-state index contributed by atoms with van der Waals surface area (Å²) in [6.45, 7) is 4.15. The van der Waals surface area contributed by atoms with E-state index < -0.39 is 0 Å². The molecule has 0 aromatic heterocycles. The van der Waals surface area contributed by atoms with E-state index in [0.717, 1.165) is 16.8 Å². The second kappa shape index (κ2) is 11.5. The van der Waals surface area contributed by atoms with Gasteiger partial charge in [-0.1, -0.05) is 43.3 Å². The molecule has 0 spiro atoms. The van der Waals surface area contributed by atoms with Gasteiger partial charge in [0.05, 0.1) is 6.54 Å². The molecule has 170 valence electrons. The van der Waals surface area contributed by atoms with E-state index in [1.54, 1.807) is 49.4 Å². The van der Waals surface area contributed by atoms with Gasteiger partial charge in [0.1, 0.15) is 0 Å². The maximum absolute atomic E-state index is 12.4. The molecule has 4 N–H and O–H groups in total. The number of rotatable bonds is 9. The Morgan fingerprint density at radius 1 is 0.758 bits per heavy atom. The monoisotopic (exact) mass is 444 g/mol. The summed E-state index contributed by atoms with van der Waals surface area (Å²) >= 11 is 0. The third kappa shape index (κ3) is 6.93. The molecule has 0 radical (unpaired) electrons. The van der Waals surface area contributed by atoms with Crippen molar-refractivity contribution in [1.82, 2.24) is 5.32 Å². The predicted octanol–water partition coefficient (Wildman–Crippen LogP) is 4.32. The first-order valence-corrected chi connectivity index (χ1v) is 10.8. The van der Waals surface area contributed by atoms with E-state index in [2.05, 4.69) is 21.3 Å². The molecule has 0 heterocycles. The molecule has 0 atom stereocenters. The number of hydrogen-bond acceptors (Lipinski definition) is 4. The Bertz CT molecular complexity index is 1110. The van der Waals surface area contributed by atoms with Crippen LogP contribution in [0.1, 0.15) is 34.8 Å². The zero-order chi connectivity index (χ0) is 23.6. The van der Waals surface area contributed by atoms with Crippen molar-refractivity contribution in [3.63, 3.8) is 0 Å². The van der Waals surface area contributed by atoms with Gasteiger partial charge in [-0.2, -0.15) is 0 Å². The predicted molar refractivity (Wildman–Crippen MR) is 131 cm³/mol. The lowest BCUT2D eigenvalue weighted by molar-refractivity contribution is -0.116. The summed E-state index contributed by atoms with van der Waals surface area (Å²) in [7, 11) is 0. The maximum atomic E-state index is 12.4. The van der Waals surface area contributed by atoms with Gasteiger partial charge in [-0.25, -0.2) is 0 Å². The van der Waals surface area contributed by atoms with Crippen LogP contribution < -0.4 is 21.3 Å². The molecule has 3 rings (SSSR count). The van der Waals surface area contributed by atoms with Crippen LogP contribution in [-0.4, -0.2) is 24.3 Å². The molecule has 0 unspecified atom stereocenters. The van der Waals surface area contributed by atoms with E-state index in [1.165, 1.54) is 0 Å². The number of nitrogens with one attached hydrogen (secondary N) is 4. The molecule has 3 amide bonds. The van der Waals surface area contributed by atoms with Crippen molar-refractivity contribution in [2.75, 3.05) is 22.5 Å². The van der Waals surface area contributed by atoms with E-state index in [9.17, 15) is 14.4 Å². The van der Waals surface area contributed by atoms with Crippen LogP contribution in [0.2, 0.25) is 0 Å². The summed E-state index contributed by atoms with van der Waals surface area (Å²) < 4.78 is 0. The summed E-state index contributed by atoms with van der Waals surface area (Å²) in [4.78, 5) is 36.4. The Morgan fingerprint density at radius 3 is 2.03 bits per heavy atom. The average Bonchev–Trinajstić information content (AvgIpc) is 2.84. The molecular weight excluding hydrogens is 416 g/mol. The molecule has 3 aromatic carbocycles. The molecule has 0 saturated carbocycles. The van der Waals surface area contributed by atoms with Gasteiger partial charge in [0.25, 0.3) is 5.91 Å². The van der Waals surface area contributed by atoms with Crippen molar-refractivity contribution in [2.45, 2.75) is 26.8 Å². The Balaban J connectivity index is 1.50. The molecule has 0 fully saturated rings. The smallest absolute Gasteiger partial charge is 0.251 e. The van der Waals surface area contributed by atoms with Crippen molar-refractivity contribution < 1.29 is 14.4 Å². The number of hydrogen-bond donors (Lipinski definition) is 4. The Morgan fingerprint density at radius 2 is 1.39 bits per heavy atom. The van der Waals surface area contributed by atoms with Crippen LogP contribution in [-0.2, 0) is 16.1 Å². The third-order valence-corrected chi connectivity index (χ3v) is 5.10. The summed E-state index contributed by atoms with van der Waals surface area (Å²) in [5.41, 5.74) is 4.41. The maximum Gasteiger partial charge on any atom is 0.251 e. The highest BCUT2D eigenvalue weighted by Gasteiger charge is 2.10. The Kier molecular flexibility index (Phi) is 8.18. The molecule has 3 aromatic rings. The van der Waals surface area contributed by atoms with Crippen molar-refractivity contribution in [3.05, 3.63) is 89.5 Å². The highest BCUT2D eigenvalue weighted by atomic mass is 16.2. The topological polar surface area (TPSA) is 99.3 Å². The SMILES string of the molecule is CCC(=O)Nc1cccc(NC(=O)CNc2ccc(C(=O)NCc3ccccc3)cc2)c1C. The lowest BCUT2D eigenvalue weighted by Gasteiger charge is -2.14. The lowest BCUT2D eigenvalue weighted by atomic mass is 10.1. The van der Waals surface area contributed by atoms with Gasteiger partial charge < -0.3 is 21.3 Å². The first-order chi connectivity index (χ1) is 16.0. The third-order valence-electron chi connectivity index (χ3n) is 5.10. The van der Waals surface area contributed by atoms with Gasteiger partial charge in [0.2, 0.25) is 11.8 Å². The van der Waals surface area contributed by atoms with Crippen LogP contribution in [0.15, 0.2) is 72.8 Å². The second-order valence-electron chi connectivity index (χ2n) is 7.53. The number of anilines is 3. The van der Waals surface area contributed by atoms with Gasteiger partial charge in [0, 0.05) is 35.6 Å². The van der Waals surface area contributed by atoms with Gasteiger partial charge >= 0.3 is 0 Å². The first-order valence-electron chi connectivity index (χ1n) is 10.8. The highest BCUT2D eigenvalue weighted by Crippen LogP contribution is 2.23. The minimum Gasteiger partial charge on any atom is -0.376 e. The summed E-state index contributed by atoms with van der Waals surface area (Å²) in [6.07, 6.45) is 0.382. The molecule has 33 heavy (non-hydrogen) atoms. The van der Waals surface area contributed by atoms with Gasteiger partial charge in [-0.05, 0) is 54.4 Å². The van der Waals surface area contributed by atoms with E-state index in [1.807, 2.05) is 37.3 Å². The fraction of sp³-hybridized carbons (Fsp3) is 0.192. The largest absolute Gasteiger partial charge is 0.376 e. The molecular formula is C26H28N4O3. The minimum absolute atomic E-state index is 0.0601. The fourth-order valence-corrected chi connectivity index (χ4v) is 3.14. The van der Waals surface area contributed by atoms with Crippen LogP contribution in [0.4, 0.5) is 17.1 Å². The normalized spacial score (nSPS) is 10.2. The molecule has 7 heteroatoms. The van der Waals surface area contributed by atoms with Gasteiger partial charge in [0.15, 0.2) is 0 Å². The Hall–Kier alpha value is -4.13. The number of amides is 3. The van der Waals surface area contributed by atoms with Crippen LogP contribution in [0.25, 0.3) is 0 Å². The number of carbonyl (C=O) groups excluding carboxylic acids is 3. The van der Waals surface area contributed by atoms with Crippen LogP contribution in [0, 0.1) is 6.92 Å². The zero-order valence-corrected chi connectivity index (χ0v) is 18.8. The van der Waals surface area contributed by atoms with Crippen molar-refractivity contribution in [1.29, 1.82) is 0 Å². The standard InChI is InChI=1S/C26H28N4O3/c1-3-24(31)29-22-10-7-11-23(18(22)2)30-25(32)17-27-21-14-12-20(13-15-21)26(33)28-16-19-8-5-4-6-9-19/h4-15,27H,3,16-17H2,1-2H3,(H,28,33)(H,29,31)(H,30,32). The van der Waals surface area contributed by atoms with E-state index in [-0.39, 0.29) is 24.3 Å². The second-order valence-corrected chi connectivity index (χ2v) is 7.53. The number of carbonyl (C=O) groups is 3. The summed E-state index contributed by atoms with van der Waals surface area (Å²) in [6, 6.07) is 22.0. The minimum atomic E-state index is -0.221. The highest BCUT2D eigenvalue weighted by molar-refractivity contribution is 5.97. The molecule has 0 aliphatic heterocycles. The first kappa shape index (κ1) is 23.5. The van der Waals surface area contributed by atoms with Crippen molar-refractivity contribution in [3.8, 4) is 0 Å². The summed E-state index contributed by atoms with van der Waals surface area (Å²) in [5, 5.41) is 11.6. The summed E-state index contributed by atoms with van der Waals surface area (Å²) in [5.74, 6) is -0.462. The van der Waals surface area contributed by atoms with Crippen molar-refractivity contribution in [2.24, 2.45) is 0 Å². The lowest BCUT2D eigenvalue weighted by Crippen LogP contribution is -2.23. The van der Waals surface area contributed by atoms with Gasteiger partial charge in [-0.15, -0.1) is 0 Å². The van der Waals surface area contributed by atoms with Crippen LogP contribution >= 0.6 is 0 Å². The zero-order valence-electron chi connectivity index (χ0n) is 18.8. The molecule has 0 aliphatic rings. The number of benzene rings is 3. The van der Waals surface area contributed by atoms with E-state index >= 15 is 0 Å². The molecule has 7 nitrogen and oxygen atoms in total.